The van der Waals surface area contributed by atoms with Crippen LogP contribution in [0.5, 0.6) is 0 Å². The van der Waals surface area contributed by atoms with E-state index in [4.69, 9.17) is 27.7 Å². The fourth-order valence-electron chi connectivity index (χ4n) is 0.355. The lowest BCUT2D eigenvalue weighted by molar-refractivity contribution is 0.322. The van der Waals surface area contributed by atoms with Gasteiger partial charge in [0.05, 0.1) is 0 Å². The molecular weight excluding hydrogens is 194 g/mol. The highest BCUT2D eigenvalue weighted by atomic mass is 35.5. The topological polar surface area (TPSA) is 26.3 Å². The molecule has 1 unspecified atom stereocenters. The van der Waals surface area contributed by atoms with Gasteiger partial charge in [-0.3, -0.25) is 0 Å². The summed E-state index contributed by atoms with van der Waals surface area (Å²) in [5.74, 6) is 0. The van der Waals surface area contributed by atoms with E-state index >= 15 is 0 Å². The molecule has 60 valence electrons. The van der Waals surface area contributed by atoms with Crippen LogP contribution >= 0.6 is 31.2 Å². The van der Waals surface area contributed by atoms with E-state index in [0.29, 0.717) is 6.61 Å². The number of hydrogen-bond acceptors (Lipinski definition) is 2. The molecule has 0 radical (unpaired) electrons. The Hall–Kier alpha value is 0.640. The number of unbranched alkanes of at least 4 members (excludes halogenated alkanes) is 1. The number of rotatable bonds is 5. The lowest BCUT2D eigenvalue weighted by Crippen LogP contribution is -1.88. The molecule has 0 amide bonds. The molecule has 0 spiro atoms. The Morgan fingerprint density at radius 3 is 2.60 bits per heavy atom. The summed E-state index contributed by atoms with van der Waals surface area (Å²) in [6.45, 7) is 2.50. The molecule has 5 heteroatoms. The SMILES string of the molecule is CCCCO[P+](=O)C(Cl)Cl. The summed E-state index contributed by atoms with van der Waals surface area (Å²) in [5.41, 5.74) is 0. The average Bonchev–Trinajstić information content (AvgIpc) is 1.88. The Morgan fingerprint density at radius 2 is 2.20 bits per heavy atom. The van der Waals surface area contributed by atoms with E-state index in [9.17, 15) is 4.57 Å². The van der Waals surface area contributed by atoms with Crippen LogP contribution in [0.25, 0.3) is 0 Å². The molecule has 0 aromatic rings. The van der Waals surface area contributed by atoms with E-state index in [1.807, 2.05) is 6.92 Å². The molecule has 0 aliphatic heterocycles. The zero-order valence-corrected chi connectivity index (χ0v) is 8.12. The quantitative estimate of drug-likeness (QED) is 0.390. The third-order valence-electron chi connectivity index (χ3n) is 0.876. The van der Waals surface area contributed by atoms with Crippen molar-refractivity contribution in [2.75, 3.05) is 6.61 Å². The molecule has 1 atom stereocenters. The first kappa shape index (κ1) is 10.6. The third-order valence-corrected chi connectivity index (χ3v) is 2.59. The first-order chi connectivity index (χ1) is 4.68. The van der Waals surface area contributed by atoms with Crippen molar-refractivity contribution in [3.63, 3.8) is 0 Å². The fraction of sp³-hybridized carbons (Fsp3) is 1.00. The molecule has 0 bridgehead atoms. The first-order valence-electron chi connectivity index (χ1n) is 3.06. The van der Waals surface area contributed by atoms with Crippen molar-refractivity contribution in [3.8, 4) is 0 Å². The van der Waals surface area contributed by atoms with Crippen LogP contribution in [0.4, 0.5) is 0 Å². The maximum Gasteiger partial charge on any atom is 0.544 e. The maximum absolute atomic E-state index is 10.7. The summed E-state index contributed by atoms with van der Waals surface area (Å²) in [7, 11) is -1.87. The molecule has 0 saturated heterocycles. The smallest absolute Gasteiger partial charge is 0.144 e. The predicted molar refractivity (Wildman–Crippen MR) is 44.0 cm³/mol. The Balaban J connectivity index is 3.22. The summed E-state index contributed by atoms with van der Waals surface area (Å²) >= 11 is 10.5. The van der Waals surface area contributed by atoms with Gasteiger partial charge in [0.25, 0.3) is 0 Å². The van der Waals surface area contributed by atoms with Gasteiger partial charge < -0.3 is 0 Å². The van der Waals surface area contributed by atoms with E-state index in [0.717, 1.165) is 12.8 Å². The molecule has 0 N–H and O–H groups in total. The fourth-order valence-corrected chi connectivity index (χ4v) is 1.11. The van der Waals surface area contributed by atoms with Gasteiger partial charge in [-0.2, -0.15) is 0 Å². The summed E-state index contributed by atoms with van der Waals surface area (Å²) in [6.07, 6.45) is 1.90. The van der Waals surface area contributed by atoms with Crippen molar-refractivity contribution >= 4 is 31.2 Å². The van der Waals surface area contributed by atoms with Crippen molar-refractivity contribution in [2.45, 2.75) is 24.3 Å². The van der Waals surface area contributed by atoms with Gasteiger partial charge in [0, 0.05) is 0 Å². The Kier molecular flexibility index (Phi) is 6.76. The lowest BCUT2D eigenvalue weighted by atomic mass is 10.4. The van der Waals surface area contributed by atoms with E-state index < -0.39 is 12.6 Å². The van der Waals surface area contributed by atoms with E-state index in [1.54, 1.807) is 0 Å². The summed E-state index contributed by atoms with van der Waals surface area (Å²) < 4.78 is 14.6. The Morgan fingerprint density at radius 1 is 1.60 bits per heavy atom. The third kappa shape index (κ3) is 5.43. The summed E-state index contributed by atoms with van der Waals surface area (Å²) in [6, 6.07) is 0. The monoisotopic (exact) mass is 203 g/mol. The Labute approximate surface area is 71.7 Å². The minimum atomic E-state index is -1.87. The van der Waals surface area contributed by atoms with Crippen molar-refractivity contribution in [3.05, 3.63) is 0 Å². The normalized spacial score (nSPS) is 12.2. The zero-order valence-electron chi connectivity index (χ0n) is 5.72. The number of alkyl halides is 2. The van der Waals surface area contributed by atoms with Gasteiger partial charge in [0.15, 0.2) is 0 Å². The van der Waals surface area contributed by atoms with E-state index in [1.165, 1.54) is 0 Å². The van der Waals surface area contributed by atoms with Crippen molar-refractivity contribution in [1.82, 2.24) is 0 Å². The molecule has 0 aliphatic rings. The van der Waals surface area contributed by atoms with Crippen molar-refractivity contribution in [1.29, 1.82) is 0 Å². The van der Waals surface area contributed by atoms with Crippen LogP contribution in [0.2, 0.25) is 0 Å². The average molecular weight is 204 g/mol. The highest BCUT2D eigenvalue weighted by molar-refractivity contribution is 7.45. The summed E-state index contributed by atoms with van der Waals surface area (Å²) in [5, 5.41) is 0. The van der Waals surface area contributed by atoms with Crippen LogP contribution in [0.1, 0.15) is 19.8 Å². The number of halogens is 2. The molecule has 0 heterocycles. The van der Waals surface area contributed by atoms with Crippen LogP contribution in [-0.2, 0) is 9.09 Å². The maximum atomic E-state index is 10.7. The Bertz CT molecular complexity index is 108. The first-order valence-corrected chi connectivity index (χ1v) is 5.18. The van der Waals surface area contributed by atoms with Crippen LogP contribution in [-0.4, -0.2) is 11.2 Å². The molecule has 0 saturated carbocycles. The van der Waals surface area contributed by atoms with Gasteiger partial charge in [0.1, 0.15) is 6.61 Å². The van der Waals surface area contributed by atoms with Gasteiger partial charge in [-0.15, -0.1) is 4.52 Å². The molecule has 0 aliphatic carbocycles. The van der Waals surface area contributed by atoms with E-state index in [-0.39, 0.29) is 0 Å². The molecule has 0 fully saturated rings. The largest absolute Gasteiger partial charge is 0.544 e. The molecule has 10 heavy (non-hydrogen) atoms. The predicted octanol–water partition coefficient (Wildman–Crippen LogP) is 3.31. The highest BCUT2D eigenvalue weighted by Crippen LogP contribution is 2.35. The van der Waals surface area contributed by atoms with Gasteiger partial charge in [-0.25, -0.2) is 0 Å². The molecule has 0 aromatic carbocycles. The molecular formula is C5H10Cl2O2P+. The van der Waals surface area contributed by atoms with Gasteiger partial charge in [-0.05, 0) is 34.2 Å². The minimum absolute atomic E-state index is 0.474. The highest BCUT2D eigenvalue weighted by Gasteiger charge is 2.27. The van der Waals surface area contributed by atoms with Crippen LogP contribution in [0.3, 0.4) is 0 Å². The van der Waals surface area contributed by atoms with E-state index in [2.05, 4.69) is 0 Å². The van der Waals surface area contributed by atoms with Gasteiger partial charge in [-0.1, -0.05) is 13.3 Å². The second-order valence-electron chi connectivity index (χ2n) is 1.75. The van der Waals surface area contributed by atoms with Gasteiger partial charge in [0.2, 0.25) is 0 Å². The van der Waals surface area contributed by atoms with Crippen LogP contribution in [0.15, 0.2) is 0 Å². The zero-order chi connectivity index (χ0) is 7.98. The minimum Gasteiger partial charge on any atom is -0.144 e. The van der Waals surface area contributed by atoms with Crippen molar-refractivity contribution in [2.24, 2.45) is 0 Å². The van der Waals surface area contributed by atoms with Gasteiger partial charge >= 0.3 is 12.6 Å². The lowest BCUT2D eigenvalue weighted by Gasteiger charge is -1.88. The van der Waals surface area contributed by atoms with Crippen molar-refractivity contribution < 1.29 is 9.09 Å². The molecule has 2 nitrogen and oxygen atoms in total. The number of hydrogen-bond donors (Lipinski definition) is 0. The molecule has 0 rings (SSSR count). The second kappa shape index (κ2) is 6.36. The molecule has 0 aromatic heterocycles. The second-order valence-corrected chi connectivity index (χ2v) is 4.80. The summed E-state index contributed by atoms with van der Waals surface area (Å²) in [4.78, 5) is 0. The standard InChI is InChI=1S/C5H10Cl2O2P/c1-2-3-4-9-10(8)5(6)7/h5H,2-4H2,1H3/q+1. The van der Waals surface area contributed by atoms with Crippen LogP contribution in [0, 0.1) is 0 Å². The van der Waals surface area contributed by atoms with Crippen LogP contribution < -0.4 is 0 Å².